The Kier molecular flexibility index (Phi) is 4.93. The summed E-state index contributed by atoms with van der Waals surface area (Å²) in [5.41, 5.74) is 6.60. The number of rotatable bonds is 5. The molecule has 6 nitrogen and oxygen atoms in total. The highest BCUT2D eigenvalue weighted by atomic mass is 16.1. The zero-order valence-corrected chi connectivity index (χ0v) is 18.9. The van der Waals surface area contributed by atoms with Gasteiger partial charge in [-0.1, -0.05) is 18.2 Å². The number of carbonyl (C=O) groups excluding carboxylic acids is 1. The first-order valence-corrected chi connectivity index (χ1v) is 11.9. The molecule has 0 bridgehead atoms. The van der Waals surface area contributed by atoms with Crippen LogP contribution >= 0.6 is 0 Å². The maximum absolute atomic E-state index is 12.9. The number of piperidine rings is 1. The monoisotopic (exact) mass is 439 g/mol. The van der Waals surface area contributed by atoms with E-state index in [1.54, 1.807) is 0 Å². The Morgan fingerprint density at radius 2 is 1.97 bits per heavy atom. The molecule has 1 saturated carbocycles. The summed E-state index contributed by atoms with van der Waals surface area (Å²) in [4.78, 5) is 18.8. The first-order valence-electron chi connectivity index (χ1n) is 11.9. The van der Waals surface area contributed by atoms with E-state index in [4.69, 9.17) is 0 Å². The van der Waals surface area contributed by atoms with Crippen molar-refractivity contribution in [3.63, 3.8) is 0 Å². The third-order valence-corrected chi connectivity index (χ3v) is 6.98. The molecule has 168 valence electrons. The lowest BCUT2D eigenvalue weighted by Gasteiger charge is -2.35. The van der Waals surface area contributed by atoms with Gasteiger partial charge in [0.15, 0.2) is 0 Å². The fourth-order valence-electron chi connectivity index (χ4n) is 5.04. The van der Waals surface area contributed by atoms with Crippen LogP contribution in [0, 0.1) is 0 Å². The van der Waals surface area contributed by atoms with Gasteiger partial charge in [0.2, 0.25) is 0 Å². The van der Waals surface area contributed by atoms with Gasteiger partial charge in [0.05, 0.1) is 6.20 Å². The van der Waals surface area contributed by atoms with Crippen LogP contribution in [0.1, 0.15) is 47.5 Å². The molecule has 1 aliphatic heterocycles. The topological polar surface area (TPSA) is 65.9 Å². The van der Waals surface area contributed by atoms with Gasteiger partial charge >= 0.3 is 0 Å². The van der Waals surface area contributed by atoms with Crippen molar-refractivity contribution in [2.75, 3.05) is 18.0 Å². The highest BCUT2D eigenvalue weighted by molar-refractivity contribution is 5.96. The molecule has 1 aliphatic carbocycles. The molecule has 2 aliphatic rings. The Morgan fingerprint density at radius 1 is 1.12 bits per heavy atom. The van der Waals surface area contributed by atoms with Crippen LogP contribution in [0.3, 0.4) is 0 Å². The molecule has 0 radical (unpaired) electrons. The number of amides is 1. The molecule has 2 N–H and O–H groups in total. The van der Waals surface area contributed by atoms with Crippen LogP contribution in [0.5, 0.6) is 0 Å². The first-order chi connectivity index (χ1) is 16.1. The van der Waals surface area contributed by atoms with Crippen LogP contribution in [0.15, 0.2) is 60.9 Å². The summed E-state index contributed by atoms with van der Waals surface area (Å²) >= 11 is 0. The molecule has 2 fully saturated rings. The summed E-state index contributed by atoms with van der Waals surface area (Å²) in [6.45, 7) is 1.81. The second kappa shape index (κ2) is 8.10. The summed E-state index contributed by atoms with van der Waals surface area (Å²) < 4.78 is 1.82. The van der Waals surface area contributed by atoms with Gasteiger partial charge in [0.1, 0.15) is 0 Å². The number of nitrogens with one attached hydrogen (secondary N) is 2. The zero-order chi connectivity index (χ0) is 22.4. The van der Waals surface area contributed by atoms with E-state index < -0.39 is 0 Å². The van der Waals surface area contributed by atoms with Crippen LogP contribution in [-0.4, -0.2) is 39.8 Å². The molecule has 1 amide bonds. The van der Waals surface area contributed by atoms with Gasteiger partial charge < -0.3 is 15.2 Å². The number of hydrogen-bond acceptors (Lipinski definition) is 3. The van der Waals surface area contributed by atoms with E-state index in [-0.39, 0.29) is 11.9 Å². The number of benzene rings is 2. The van der Waals surface area contributed by atoms with Crippen LogP contribution in [0.25, 0.3) is 22.2 Å². The Morgan fingerprint density at radius 3 is 2.73 bits per heavy atom. The quantitative estimate of drug-likeness (QED) is 0.467. The van der Waals surface area contributed by atoms with E-state index in [9.17, 15) is 4.79 Å². The average molecular weight is 440 g/mol. The van der Waals surface area contributed by atoms with Crippen molar-refractivity contribution in [2.45, 2.75) is 37.6 Å². The first kappa shape index (κ1) is 20.1. The molecule has 33 heavy (non-hydrogen) atoms. The molecular weight excluding hydrogens is 410 g/mol. The normalized spacial score (nSPS) is 18.6. The van der Waals surface area contributed by atoms with Gasteiger partial charge in [-0.3, -0.25) is 9.48 Å². The van der Waals surface area contributed by atoms with E-state index in [1.165, 1.54) is 29.5 Å². The second-order valence-electron chi connectivity index (χ2n) is 9.48. The van der Waals surface area contributed by atoms with Crippen molar-refractivity contribution >= 4 is 22.5 Å². The summed E-state index contributed by atoms with van der Waals surface area (Å²) in [6, 6.07) is 16.9. The number of aryl methyl sites for hydroxylation is 1. The number of nitrogens with zero attached hydrogens (tertiary/aromatic N) is 3. The number of H-pyrrole nitrogens is 1. The summed E-state index contributed by atoms with van der Waals surface area (Å²) in [5, 5.41) is 8.79. The Balaban J connectivity index is 1.19. The van der Waals surface area contributed by atoms with Gasteiger partial charge in [-0.05, 0) is 67.5 Å². The van der Waals surface area contributed by atoms with Gasteiger partial charge in [-0.15, -0.1) is 0 Å². The molecule has 1 atom stereocenters. The summed E-state index contributed by atoms with van der Waals surface area (Å²) in [5.74, 6) is 0.742. The number of hydrogen-bond donors (Lipinski definition) is 2. The van der Waals surface area contributed by atoms with E-state index in [0.717, 1.165) is 48.3 Å². The molecule has 1 saturated heterocycles. The minimum absolute atomic E-state index is 0.0305. The molecule has 6 rings (SSSR count). The lowest BCUT2D eigenvalue weighted by atomic mass is 10.0. The molecule has 4 aromatic rings. The minimum atomic E-state index is 0.0305. The SMILES string of the molecule is Cn1cc(-c2cc3c(N4CCC[C@@H](NC(=O)c5ccc(C6CC6)cc5)C4)cccc3[nH]2)cn1. The largest absolute Gasteiger partial charge is 0.369 e. The summed E-state index contributed by atoms with van der Waals surface area (Å²) in [6.07, 6.45) is 8.53. The number of carbonyl (C=O) groups is 1. The Bertz CT molecular complexity index is 1300. The van der Waals surface area contributed by atoms with Crippen LogP contribution in [-0.2, 0) is 7.05 Å². The van der Waals surface area contributed by atoms with Crippen molar-refractivity contribution in [1.29, 1.82) is 0 Å². The zero-order valence-electron chi connectivity index (χ0n) is 18.9. The van der Waals surface area contributed by atoms with Crippen molar-refractivity contribution < 1.29 is 4.79 Å². The van der Waals surface area contributed by atoms with Gasteiger partial charge in [0, 0.05) is 65.8 Å². The predicted octanol–water partition coefficient (Wildman–Crippen LogP) is 4.84. The van der Waals surface area contributed by atoms with Crippen molar-refractivity contribution in [3.05, 3.63) is 72.1 Å². The van der Waals surface area contributed by atoms with Gasteiger partial charge in [0.25, 0.3) is 5.91 Å². The van der Waals surface area contributed by atoms with Crippen LogP contribution in [0.4, 0.5) is 5.69 Å². The van der Waals surface area contributed by atoms with Gasteiger partial charge in [-0.25, -0.2) is 0 Å². The standard InChI is InChI=1S/C27H29N5O/c1-31-16-21(15-28-31)25-14-23-24(30-25)5-2-6-26(23)32-13-3-4-22(17-32)29-27(33)20-11-9-19(10-12-20)18-7-8-18/h2,5-6,9-12,14-16,18,22,30H,3-4,7-8,13,17H2,1H3,(H,29,33)/t22-/m1/s1. The molecule has 0 spiro atoms. The Labute approximate surface area is 193 Å². The molecule has 0 unspecified atom stereocenters. The van der Waals surface area contributed by atoms with E-state index in [2.05, 4.69) is 56.7 Å². The molecule has 6 heteroatoms. The number of aromatic amines is 1. The number of anilines is 1. The Hall–Kier alpha value is -3.54. The maximum Gasteiger partial charge on any atom is 0.251 e. The highest BCUT2D eigenvalue weighted by Gasteiger charge is 2.25. The maximum atomic E-state index is 12.9. The number of aromatic nitrogens is 3. The van der Waals surface area contributed by atoms with Crippen molar-refractivity contribution in [3.8, 4) is 11.3 Å². The minimum Gasteiger partial charge on any atom is -0.369 e. The third-order valence-electron chi connectivity index (χ3n) is 6.98. The molecule has 2 aromatic heterocycles. The fraction of sp³-hybridized carbons (Fsp3) is 0.333. The smallest absolute Gasteiger partial charge is 0.251 e. The lowest BCUT2D eigenvalue weighted by Crippen LogP contribution is -2.47. The predicted molar refractivity (Wildman–Crippen MR) is 132 cm³/mol. The fourth-order valence-corrected chi connectivity index (χ4v) is 5.04. The van der Waals surface area contributed by atoms with Crippen LogP contribution < -0.4 is 10.2 Å². The van der Waals surface area contributed by atoms with Gasteiger partial charge in [-0.2, -0.15) is 5.10 Å². The highest BCUT2D eigenvalue weighted by Crippen LogP contribution is 2.40. The average Bonchev–Trinajstić information content (AvgIpc) is 3.45. The van der Waals surface area contributed by atoms with E-state index in [0.29, 0.717) is 5.92 Å². The molecule has 2 aromatic carbocycles. The van der Waals surface area contributed by atoms with Crippen molar-refractivity contribution in [1.82, 2.24) is 20.1 Å². The number of fused-ring (bicyclic) bond motifs is 1. The van der Waals surface area contributed by atoms with E-state index >= 15 is 0 Å². The van der Waals surface area contributed by atoms with E-state index in [1.807, 2.05) is 36.3 Å². The lowest BCUT2D eigenvalue weighted by molar-refractivity contribution is 0.0933. The van der Waals surface area contributed by atoms with Crippen LogP contribution in [0.2, 0.25) is 0 Å². The second-order valence-corrected chi connectivity index (χ2v) is 9.48. The molecular formula is C27H29N5O. The summed E-state index contributed by atoms with van der Waals surface area (Å²) in [7, 11) is 1.93. The third kappa shape index (κ3) is 4.01. The molecule has 3 heterocycles. The van der Waals surface area contributed by atoms with Crippen molar-refractivity contribution in [2.24, 2.45) is 7.05 Å².